The predicted molar refractivity (Wildman–Crippen MR) is 95.3 cm³/mol. The molecule has 2 heterocycles. The number of aryl methyl sites for hydroxylation is 1. The van der Waals surface area contributed by atoms with Gasteiger partial charge in [-0.15, -0.1) is 5.10 Å². The monoisotopic (exact) mass is 327 g/mol. The van der Waals surface area contributed by atoms with Crippen molar-refractivity contribution in [1.29, 1.82) is 0 Å². The van der Waals surface area contributed by atoms with Crippen LogP contribution in [0.15, 0.2) is 24.3 Å². The van der Waals surface area contributed by atoms with E-state index in [0.717, 1.165) is 25.2 Å². The summed E-state index contributed by atoms with van der Waals surface area (Å²) in [5.74, 6) is 1.68. The molecule has 1 amide bonds. The second-order valence-corrected chi connectivity index (χ2v) is 6.90. The Hall–Kier alpha value is -2.37. The van der Waals surface area contributed by atoms with E-state index in [9.17, 15) is 4.79 Å². The van der Waals surface area contributed by atoms with Crippen LogP contribution in [0.2, 0.25) is 0 Å². The highest BCUT2D eigenvalue weighted by atomic mass is 16.2. The summed E-state index contributed by atoms with van der Waals surface area (Å²) in [6.07, 6.45) is 1.88. The van der Waals surface area contributed by atoms with Crippen molar-refractivity contribution in [3.05, 3.63) is 35.7 Å². The average molecular weight is 327 g/mol. The van der Waals surface area contributed by atoms with Gasteiger partial charge in [-0.2, -0.15) is 4.98 Å². The zero-order chi connectivity index (χ0) is 17.3. The number of rotatable bonds is 4. The molecule has 0 saturated heterocycles. The molecule has 1 aliphatic rings. The van der Waals surface area contributed by atoms with Crippen molar-refractivity contribution in [3.63, 3.8) is 0 Å². The number of carbonyl (C=O) groups excluding carboxylic acids is 1. The summed E-state index contributed by atoms with van der Waals surface area (Å²) < 4.78 is 1.92. The van der Waals surface area contributed by atoms with Gasteiger partial charge in [0.05, 0.1) is 0 Å². The van der Waals surface area contributed by atoms with Crippen LogP contribution in [0.3, 0.4) is 0 Å². The Morgan fingerprint density at radius 1 is 1.38 bits per heavy atom. The van der Waals surface area contributed by atoms with E-state index in [1.807, 2.05) is 18.5 Å². The third kappa shape index (κ3) is 3.42. The molecule has 24 heavy (non-hydrogen) atoms. The minimum atomic E-state index is -0.0768. The van der Waals surface area contributed by atoms with Crippen molar-refractivity contribution in [3.8, 4) is 0 Å². The Kier molecular flexibility index (Phi) is 4.55. The molecule has 1 atom stereocenters. The summed E-state index contributed by atoms with van der Waals surface area (Å²) in [5.41, 5.74) is 2.55. The molecular weight excluding hydrogens is 302 g/mol. The van der Waals surface area contributed by atoms with Gasteiger partial charge < -0.3 is 4.90 Å². The molecule has 1 aromatic carbocycles. The van der Waals surface area contributed by atoms with E-state index in [1.165, 1.54) is 11.3 Å². The van der Waals surface area contributed by atoms with Crippen molar-refractivity contribution in [2.24, 2.45) is 5.92 Å². The second-order valence-electron chi connectivity index (χ2n) is 6.90. The molecule has 1 N–H and O–H groups in total. The van der Waals surface area contributed by atoms with Crippen LogP contribution in [0.4, 0.5) is 11.6 Å². The molecule has 3 rings (SSSR count). The number of hydrogen-bond donors (Lipinski definition) is 1. The van der Waals surface area contributed by atoms with Gasteiger partial charge in [0.15, 0.2) is 0 Å². The lowest BCUT2D eigenvalue weighted by molar-refractivity contribution is -0.118. The van der Waals surface area contributed by atoms with E-state index < -0.39 is 0 Å². The number of benzene rings is 1. The van der Waals surface area contributed by atoms with Crippen LogP contribution in [0.1, 0.15) is 37.6 Å². The van der Waals surface area contributed by atoms with Crippen LogP contribution in [0.25, 0.3) is 0 Å². The Balaban J connectivity index is 1.76. The normalized spacial score (nSPS) is 16.8. The van der Waals surface area contributed by atoms with Crippen LogP contribution in [0, 0.1) is 5.92 Å². The van der Waals surface area contributed by atoms with Crippen LogP contribution in [-0.4, -0.2) is 34.8 Å². The minimum Gasteiger partial charge on any atom is -0.378 e. The first-order chi connectivity index (χ1) is 11.4. The van der Waals surface area contributed by atoms with Gasteiger partial charge in [0, 0.05) is 38.7 Å². The van der Waals surface area contributed by atoms with Crippen molar-refractivity contribution in [1.82, 2.24) is 14.8 Å². The zero-order valence-electron chi connectivity index (χ0n) is 14.8. The molecule has 0 fully saturated rings. The Morgan fingerprint density at radius 2 is 2.17 bits per heavy atom. The lowest BCUT2D eigenvalue weighted by atomic mass is 9.90. The number of aromatic nitrogens is 3. The summed E-state index contributed by atoms with van der Waals surface area (Å²) in [4.78, 5) is 18.4. The first-order valence-corrected chi connectivity index (χ1v) is 8.46. The SMILES string of the molecule is CC(C)C(=O)Nc1nc2n(n1)CCC(c1cccc(N(C)C)c1)C2. The van der Waals surface area contributed by atoms with Gasteiger partial charge in [-0.3, -0.25) is 10.1 Å². The molecular formula is C18H25N5O. The molecule has 128 valence electrons. The number of carbonyl (C=O) groups is 1. The maximum atomic E-state index is 11.8. The molecule has 0 saturated carbocycles. The van der Waals surface area contributed by atoms with E-state index in [2.05, 4.69) is 58.7 Å². The minimum absolute atomic E-state index is 0.0480. The van der Waals surface area contributed by atoms with Crippen molar-refractivity contribution >= 4 is 17.5 Å². The Bertz CT molecular complexity index is 735. The van der Waals surface area contributed by atoms with Gasteiger partial charge >= 0.3 is 0 Å². The molecule has 0 aliphatic carbocycles. The number of anilines is 2. The highest BCUT2D eigenvalue weighted by Crippen LogP contribution is 2.30. The quantitative estimate of drug-likeness (QED) is 0.938. The summed E-state index contributed by atoms with van der Waals surface area (Å²) >= 11 is 0. The van der Waals surface area contributed by atoms with E-state index in [1.54, 1.807) is 0 Å². The standard InChI is InChI=1S/C18H25N5O/c1-12(2)17(24)20-18-19-16-11-14(8-9-23(16)21-18)13-6-5-7-15(10-13)22(3)4/h5-7,10,12,14H,8-9,11H2,1-4H3,(H,20,21,24). The maximum Gasteiger partial charge on any atom is 0.248 e. The first-order valence-electron chi connectivity index (χ1n) is 8.46. The molecule has 6 nitrogen and oxygen atoms in total. The topological polar surface area (TPSA) is 63.1 Å². The molecule has 0 radical (unpaired) electrons. The summed E-state index contributed by atoms with van der Waals surface area (Å²) in [5, 5.41) is 7.20. The lowest BCUT2D eigenvalue weighted by Gasteiger charge is -2.23. The molecule has 0 spiro atoms. The van der Waals surface area contributed by atoms with E-state index in [-0.39, 0.29) is 11.8 Å². The number of nitrogens with one attached hydrogen (secondary N) is 1. The van der Waals surface area contributed by atoms with Crippen LogP contribution < -0.4 is 10.2 Å². The second kappa shape index (κ2) is 6.63. The van der Waals surface area contributed by atoms with Crippen LogP contribution >= 0.6 is 0 Å². The fraction of sp³-hybridized carbons (Fsp3) is 0.500. The van der Waals surface area contributed by atoms with Crippen molar-refractivity contribution < 1.29 is 4.79 Å². The van der Waals surface area contributed by atoms with E-state index in [0.29, 0.717) is 11.9 Å². The van der Waals surface area contributed by atoms with Crippen molar-refractivity contribution in [2.75, 3.05) is 24.3 Å². The first kappa shape index (κ1) is 16.5. The van der Waals surface area contributed by atoms with Gasteiger partial charge in [0.2, 0.25) is 11.9 Å². The molecule has 1 unspecified atom stereocenters. The molecule has 0 bridgehead atoms. The molecule has 1 aliphatic heterocycles. The van der Waals surface area contributed by atoms with Gasteiger partial charge in [0.1, 0.15) is 5.82 Å². The lowest BCUT2D eigenvalue weighted by Crippen LogP contribution is -2.19. The molecule has 1 aromatic heterocycles. The average Bonchev–Trinajstić information content (AvgIpc) is 2.96. The van der Waals surface area contributed by atoms with E-state index in [4.69, 9.17) is 0 Å². The summed E-state index contributed by atoms with van der Waals surface area (Å²) in [6.45, 7) is 4.55. The highest BCUT2D eigenvalue weighted by molar-refractivity contribution is 5.90. The highest BCUT2D eigenvalue weighted by Gasteiger charge is 2.24. The fourth-order valence-corrected chi connectivity index (χ4v) is 2.95. The van der Waals surface area contributed by atoms with Gasteiger partial charge in [-0.25, -0.2) is 4.68 Å². The van der Waals surface area contributed by atoms with Gasteiger partial charge in [0.25, 0.3) is 0 Å². The summed E-state index contributed by atoms with van der Waals surface area (Å²) in [6, 6.07) is 8.66. The maximum absolute atomic E-state index is 11.8. The smallest absolute Gasteiger partial charge is 0.248 e. The molecule has 6 heteroatoms. The largest absolute Gasteiger partial charge is 0.378 e. The number of nitrogens with zero attached hydrogens (tertiary/aromatic N) is 4. The number of fused-ring (bicyclic) bond motifs is 1. The number of hydrogen-bond acceptors (Lipinski definition) is 4. The Morgan fingerprint density at radius 3 is 2.88 bits per heavy atom. The van der Waals surface area contributed by atoms with Crippen molar-refractivity contribution in [2.45, 2.75) is 39.2 Å². The van der Waals surface area contributed by atoms with E-state index >= 15 is 0 Å². The molecule has 2 aromatic rings. The fourth-order valence-electron chi connectivity index (χ4n) is 2.95. The number of amides is 1. The van der Waals surface area contributed by atoms with Crippen LogP contribution in [0.5, 0.6) is 0 Å². The zero-order valence-corrected chi connectivity index (χ0v) is 14.8. The predicted octanol–water partition coefficient (Wildman–Crippen LogP) is 2.67. The van der Waals surface area contributed by atoms with Gasteiger partial charge in [-0.1, -0.05) is 26.0 Å². The van der Waals surface area contributed by atoms with Gasteiger partial charge in [-0.05, 0) is 30.0 Å². The summed E-state index contributed by atoms with van der Waals surface area (Å²) in [7, 11) is 4.11. The van der Waals surface area contributed by atoms with Crippen LogP contribution in [-0.2, 0) is 17.8 Å². The Labute approximate surface area is 142 Å². The third-order valence-electron chi connectivity index (χ3n) is 4.48. The third-order valence-corrected chi connectivity index (χ3v) is 4.48.